The topological polar surface area (TPSA) is 240 Å². The molecule has 2 rings (SSSR count). The molecule has 1 saturated heterocycles. The zero-order chi connectivity index (χ0) is 42.5. The number of unbranched alkanes of at least 4 members (excludes halogenated alkanes) is 10. The summed E-state index contributed by atoms with van der Waals surface area (Å²) >= 11 is 0. The first-order valence-corrected chi connectivity index (χ1v) is 21.1. The molecule has 6 amide bonds. The van der Waals surface area contributed by atoms with Crippen molar-refractivity contribution in [2.75, 3.05) is 26.2 Å². The molecule has 0 spiro atoms. The SMILES string of the molecule is CCCCCCCCCCCCCC(=O)N[C@@H](CCC(=O)NCCC(=O)NCCC(=O)NCCC(=O)N1CCC[C@H]1C(=O)N[C@@H](Cc1ccccc1)C(=O)O)C(=O)O. The molecular formula is C42H66N6O10. The van der Waals surface area contributed by atoms with Gasteiger partial charge in [0.15, 0.2) is 0 Å². The Balaban J connectivity index is 1.54. The highest BCUT2D eigenvalue weighted by atomic mass is 16.4. The van der Waals surface area contributed by atoms with Crippen molar-refractivity contribution in [1.82, 2.24) is 31.5 Å². The molecule has 1 aliphatic heterocycles. The molecule has 16 heteroatoms. The van der Waals surface area contributed by atoms with E-state index in [1.807, 2.05) is 6.07 Å². The minimum Gasteiger partial charge on any atom is -0.480 e. The lowest BCUT2D eigenvalue weighted by Gasteiger charge is -2.25. The molecule has 324 valence electrons. The fourth-order valence-corrected chi connectivity index (χ4v) is 6.75. The van der Waals surface area contributed by atoms with Crippen molar-refractivity contribution in [3.63, 3.8) is 0 Å². The number of carboxylic acid groups (broad SMARTS) is 2. The van der Waals surface area contributed by atoms with Crippen LogP contribution in [0.2, 0.25) is 0 Å². The number of hydrogen-bond donors (Lipinski definition) is 7. The summed E-state index contributed by atoms with van der Waals surface area (Å²) in [7, 11) is 0. The largest absolute Gasteiger partial charge is 0.480 e. The third kappa shape index (κ3) is 21.5. The molecule has 1 heterocycles. The minimum absolute atomic E-state index is 0.00142. The number of benzene rings is 1. The number of nitrogens with one attached hydrogen (secondary N) is 5. The molecule has 3 atom stereocenters. The van der Waals surface area contributed by atoms with Gasteiger partial charge in [-0.1, -0.05) is 101 Å². The van der Waals surface area contributed by atoms with Gasteiger partial charge in [-0.25, -0.2) is 9.59 Å². The van der Waals surface area contributed by atoms with E-state index >= 15 is 0 Å². The van der Waals surface area contributed by atoms with E-state index in [0.717, 1.165) is 24.8 Å². The van der Waals surface area contributed by atoms with Crippen molar-refractivity contribution < 1.29 is 48.6 Å². The first-order valence-electron chi connectivity index (χ1n) is 21.1. The number of rotatable bonds is 31. The Hall–Kier alpha value is -5.02. The van der Waals surface area contributed by atoms with E-state index in [0.29, 0.717) is 25.8 Å². The number of carbonyl (C=O) groups is 8. The summed E-state index contributed by atoms with van der Waals surface area (Å²) in [6.45, 7) is 2.59. The van der Waals surface area contributed by atoms with E-state index in [1.165, 1.54) is 49.8 Å². The minimum atomic E-state index is -1.22. The van der Waals surface area contributed by atoms with Gasteiger partial charge in [-0.3, -0.25) is 28.8 Å². The van der Waals surface area contributed by atoms with Crippen LogP contribution in [-0.4, -0.2) is 107 Å². The lowest BCUT2D eigenvalue weighted by Crippen LogP contribution is -2.51. The summed E-state index contributed by atoms with van der Waals surface area (Å²) in [4.78, 5) is 99.8. The molecule has 7 N–H and O–H groups in total. The molecule has 0 saturated carbocycles. The Morgan fingerprint density at radius 1 is 0.621 bits per heavy atom. The average molecular weight is 815 g/mol. The van der Waals surface area contributed by atoms with Crippen LogP contribution in [0.25, 0.3) is 0 Å². The second-order valence-electron chi connectivity index (χ2n) is 14.9. The molecular weight excluding hydrogens is 748 g/mol. The smallest absolute Gasteiger partial charge is 0.326 e. The zero-order valence-corrected chi connectivity index (χ0v) is 34.2. The second-order valence-corrected chi connectivity index (χ2v) is 14.9. The molecule has 0 aliphatic carbocycles. The standard InChI is InChI=1S/C42H66N6O10/c1-2-3-4-5-6-7-8-9-10-11-15-20-38(52)46-32(41(55)56)21-22-35(49)43-26-23-36(50)44-27-24-37(51)45-28-25-39(53)48-29-16-19-34(48)40(54)47-33(42(57)58)30-31-17-13-12-14-18-31/h12-14,17-18,32-34H,2-11,15-16,19-30H2,1H3,(H,43,49)(H,44,50)(H,45,51)(H,46,52)(H,47,54)(H,55,56)(H,57,58)/t32-,33-,34-/m0/s1. The van der Waals surface area contributed by atoms with Gasteiger partial charge in [0.1, 0.15) is 18.1 Å². The molecule has 16 nitrogen and oxygen atoms in total. The van der Waals surface area contributed by atoms with Crippen molar-refractivity contribution in [3.05, 3.63) is 35.9 Å². The summed E-state index contributed by atoms with van der Waals surface area (Å²) in [6, 6.07) is 5.77. The zero-order valence-electron chi connectivity index (χ0n) is 34.2. The van der Waals surface area contributed by atoms with Crippen molar-refractivity contribution in [2.45, 2.75) is 153 Å². The Labute approximate surface area is 342 Å². The van der Waals surface area contributed by atoms with Gasteiger partial charge < -0.3 is 41.7 Å². The van der Waals surface area contributed by atoms with Crippen molar-refractivity contribution in [2.24, 2.45) is 0 Å². The van der Waals surface area contributed by atoms with Crippen LogP contribution in [0.3, 0.4) is 0 Å². The lowest BCUT2D eigenvalue weighted by molar-refractivity contribution is -0.144. The molecule has 1 fully saturated rings. The molecule has 58 heavy (non-hydrogen) atoms. The molecule has 0 radical (unpaired) electrons. The summed E-state index contributed by atoms with van der Waals surface area (Å²) in [6.07, 6.45) is 13.5. The molecule has 0 unspecified atom stereocenters. The number of likely N-dealkylation sites (tertiary alicyclic amines) is 1. The van der Waals surface area contributed by atoms with Crippen LogP contribution in [0.4, 0.5) is 0 Å². The fraction of sp³-hybridized carbons (Fsp3) is 0.667. The highest BCUT2D eigenvalue weighted by Crippen LogP contribution is 2.19. The van der Waals surface area contributed by atoms with E-state index in [2.05, 4.69) is 33.5 Å². The quantitative estimate of drug-likeness (QED) is 0.0540. The maximum absolute atomic E-state index is 13.0. The van der Waals surface area contributed by atoms with Gasteiger partial charge in [-0.2, -0.15) is 0 Å². The number of hydrogen-bond acceptors (Lipinski definition) is 8. The lowest BCUT2D eigenvalue weighted by atomic mass is 10.0. The Morgan fingerprint density at radius 3 is 1.69 bits per heavy atom. The predicted octanol–water partition coefficient (Wildman–Crippen LogP) is 3.36. The maximum atomic E-state index is 13.0. The van der Waals surface area contributed by atoms with Crippen molar-refractivity contribution in [1.29, 1.82) is 0 Å². The average Bonchev–Trinajstić information content (AvgIpc) is 3.69. The van der Waals surface area contributed by atoms with Gasteiger partial charge in [0.2, 0.25) is 35.4 Å². The van der Waals surface area contributed by atoms with Crippen LogP contribution >= 0.6 is 0 Å². The Bertz CT molecular complexity index is 1460. The summed E-state index contributed by atoms with van der Waals surface area (Å²) < 4.78 is 0. The summed E-state index contributed by atoms with van der Waals surface area (Å²) in [5.41, 5.74) is 0.752. The molecule has 0 bridgehead atoms. The van der Waals surface area contributed by atoms with E-state index < -0.39 is 53.7 Å². The van der Waals surface area contributed by atoms with Gasteiger partial charge in [0, 0.05) is 64.7 Å². The van der Waals surface area contributed by atoms with E-state index in [1.54, 1.807) is 24.3 Å². The Morgan fingerprint density at radius 2 is 1.14 bits per heavy atom. The first kappa shape index (κ1) is 49.1. The maximum Gasteiger partial charge on any atom is 0.326 e. The number of carbonyl (C=O) groups excluding carboxylic acids is 6. The van der Waals surface area contributed by atoms with Crippen molar-refractivity contribution >= 4 is 47.4 Å². The summed E-state index contributed by atoms with van der Waals surface area (Å²) in [5.74, 6) is -4.90. The third-order valence-corrected chi connectivity index (χ3v) is 10.1. The Kier molecular flexibility index (Phi) is 24.8. The normalized spacial score (nSPS) is 14.5. The van der Waals surface area contributed by atoms with E-state index in [4.69, 9.17) is 0 Å². The number of amides is 6. The number of nitrogens with zero attached hydrogens (tertiary/aromatic N) is 1. The predicted molar refractivity (Wildman–Crippen MR) is 217 cm³/mol. The highest BCUT2D eigenvalue weighted by Gasteiger charge is 2.35. The van der Waals surface area contributed by atoms with Gasteiger partial charge in [0.05, 0.1) is 0 Å². The van der Waals surface area contributed by atoms with Crippen LogP contribution in [0.5, 0.6) is 0 Å². The summed E-state index contributed by atoms with van der Waals surface area (Å²) in [5, 5.41) is 32.0. The van der Waals surface area contributed by atoms with E-state index in [-0.39, 0.29) is 76.4 Å². The monoisotopic (exact) mass is 814 g/mol. The molecule has 1 aromatic carbocycles. The van der Waals surface area contributed by atoms with Gasteiger partial charge in [-0.05, 0) is 31.2 Å². The van der Waals surface area contributed by atoms with Crippen molar-refractivity contribution in [3.8, 4) is 0 Å². The van der Waals surface area contributed by atoms with Crippen LogP contribution in [-0.2, 0) is 44.8 Å². The van der Waals surface area contributed by atoms with Crippen LogP contribution < -0.4 is 26.6 Å². The second kappa shape index (κ2) is 29.2. The van der Waals surface area contributed by atoms with E-state index in [9.17, 15) is 48.6 Å². The van der Waals surface area contributed by atoms with Gasteiger partial charge in [0.25, 0.3) is 0 Å². The van der Waals surface area contributed by atoms with Gasteiger partial charge in [-0.15, -0.1) is 0 Å². The van der Waals surface area contributed by atoms with Crippen LogP contribution in [0.15, 0.2) is 30.3 Å². The number of carboxylic acids is 2. The molecule has 1 aliphatic rings. The first-order chi connectivity index (χ1) is 27.9. The van der Waals surface area contributed by atoms with Crippen LogP contribution in [0.1, 0.15) is 134 Å². The fourth-order valence-electron chi connectivity index (χ4n) is 6.75. The van der Waals surface area contributed by atoms with Gasteiger partial charge >= 0.3 is 11.9 Å². The number of aliphatic carboxylic acids is 2. The third-order valence-electron chi connectivity index (χ3n) is 10.1. The molecule has 1 aromatic rings. The van der Waals surface area contributed by atoms with Crippen LogP contribution in [0, 0.1) is 0 Å². The molecule has 0 aromatic heterocycles. The highest BCUT2D eigenvalue weighted by molar-refractivity contribution is 5.91.